The van der Waals surface area contributed by atoms with Crippen molar-refractivity contribution in [1.82, 2.24) is 0 Å². The molecule has 1 heterocycles. The number of ether oxygens (including phenoxy) is 1. The van der Waals surface area contributed by atoms with Gasteiger partial charge in [0.25, 0.3) is 0 Å². The summed E-state index contributed by atoms with van der Waals surface area (Å²) in [6.07, 6.45) is 1.16. The van der Waals surface area contributed by atoms with Crippen molar-refractivity contribution >= 4 is 33.3 Å². The Morgan fingerprint density at radius 1 is 1.47 bits per heavy atom. The fourth-order valence-electron chi connectivity index (χ4n) is 2.72. The molecule has 1 aliphatic rings. The third-order valence-electron chi connectivity index (χ3n) is 3.62. The minimum Gasteiger partial charge on any atom is -0.465 e. The molecule has 0 aromatic heterocycles. The lowest BCUT2D eigenvalue weighted by molar-refractivity contribution is 0.0602. The van der Waals surface area contributed by atoms with E-state index in [4.69, 9.17) is 10.5 Å². The molecule has 0 bridgehead atoms. The van der Waals surface area contributed by atoms with Gasteiger partial charge in [-0.2, -0.15) is 0 Å². The van der Waals surface area contributed by atoms with Crippen molar-refractivity contribution in [1.29, 1.82) is 0 Å². The van der Waals surface area contributed by atoms with Crippen LogP contribution in [0.1, 0.15) is 30.6 Å². The van der Waals surface area contributed by atoms with E-state index in [1.165, 1.54) is 7.11 Å². The molecule has 2 N–H and O–H groups in total. The minimum absolute atomic E-state index is 0.397. The van der Waals surface area contributed by atoms with Gasteiger partial charge in [-0.05, 0) is 47.3 Å². The van der Waals surface area contributed by atoms with E-state index in [9.17, 15) is 4.79 Å². The Morgan fingerprint density at radius 3 is 2.68 bits per heavy atom. The van der Waals surface area contributed by atoms with Crippen LogP contribution in [-0.2, 0) is 4.74 Å². The molecule has 104 valence electrons. The average Bonchev–Trinajstić information content (AvgIpc) is 2.67. The van der Waals surface area contributed by atoms with E-state index in [0.717, 1.165) is 23.1 Å². The maximum Gasteiger partial charge on any atom is 0.340 e. The number of hydrogen-bond acceptors (Lipinski definition) is 4. The number of rotatable bonds is 2. The number of halogens is 1. The Bertz CT molecular complexity index is 504. The minimum atomic E-state index is -0.397. The molecule has 1 aliphatic heterocycles. The topological polar surface area (TPSA) is 55.6 Å². The van der Waals surface area contributed by atoms with Crippen LogP contribution >= 0.6 is 15.9 Å². The van der Waals surface area contributed by atoms with Crippen molar-refractivity contribution in [2.45, 2.75) is 26.3 Å². The lowest BCUT2D eigenvalue weighted by Crippen LogP contribution is -2.27. The summed E-state index contributed by atoms with van der Waals surface area (Å²) in [5, 5.41) is 0. The number of hydrogen-bond donors (Lipinski definition) is 1. The van der Waals surface area contributed by atoms with E-state index in [2.05, 4.69) is 34.7 Å². The Labute approximate surface area is 122 Å². The first-order chi connectivity index (χ1) is 8.93. The van der Waals surface area contributed by atoms with Crippen LogP contribution in [0.15, 0.2) is 16.6 Å². The van der Waals surface area contributed by atoms with Gasteiger partial charge in [-0.3, -0.25) is 0 Å². The van der Waals surface area contributed by atoms with Crippen molar-refractivity contribution in [3.05, 3.63) is 22.2 Å². The van der Waals surface area contributed by atoms with Gasteiger partial charge in [-0.15, -0.1) is 0 Å². The fourth-order valence-corrected chi connectivity index (χ4v) is 3.31. The van der Waals surface area contributed by atoms with E-state index in [0.29, 0.717) is 23.2 Å². The maximum absolute atomic E-state index is 11.7. The SMILES string of the molecule is COC(=O)c1cc(N2CC(C)CC2C)c(Br)cc1N. The third-order valence-corrected chi connectivity index (χ3v) is 4.25. The van der Waals surface area contributed by atoms with Gasteiger partial charge in [0, 0.05) is 22.7 Å². The van der Waals surface area contributed by atoms with Crippen LogP contribution in [-0.4, -0.2) is 25.7 Å². The predicted octanol–water partition coefficient (Wildman–Crippen LogP) is 3.05. The highest BCUT2D eigenvalue weighted by Gasteiger charge is 2.28. The molecule has 1 saturated heterocycles. The summed E-state index contributed by atoms with van der Waals surface area (Å²) in [5.74, 6) is 0.257. The number of carbonyl (C=O) groups is 1. The number of benzene rings is 1. The predicted molar refractivity (Wildman–Crippen MR) is 80.5 cm³/mol. The lowest BCUT2D eigenvalue weighted by Gasteiger charge is -2.26. The second kappa shape index (κ2) is 5.41. The Kier molecular flexibility index (Phi) is 4.04. The van der Waals surface area contributed by atoms with Crippen molar-refractivity contribution in [3.8, 4) is 0 Å². The van der Waals surface area contributed by atoms with Crippen molar-refractivity contribution in [3.63, 3.8) is 0 Å². The number of nitrogens with two attached hydrogens (primary N) is 1. The molecule has 0 saturated carbocycles. The molecule has 1 aromatic carbocycles. The van der Waals surface area contributed by atoms with Crippen LogP contribution in [0, 0.1) is 5.92 Å². The zero-order valence-electron chi connectivity index (χ0n) is 11.4. The number of carbonyl (C=O) groups excluding carboxylic acids is 1. The van der Waals surface area contributed by atoms with E-state index < -0.39 is 5.97 Å². The van der Waals surface area contributed by atoms with E-state index in [1.807, 2.05) is 6.07 Å². The van der Waals surface area contributed by atoms with Gasteiger partial charge in [-0.25, -0.2) is 4.79 Å². The number of methoxy groups -OCH3 is 1. The summed E-state index contributed by atoms with van der Waals surface area (Å²) in [5.41, 5.74) is 7.74. The zero-order chi connectivity index (χ0) is 14.2. The second-order valence-corrected chi connectivity index (χ2v) is 6.08. The van der Waals surface area contributed by atoms with Gasteiger partial charge in [0.2, 0.25) is 0 Å². The maximum atomic E-state index is 11.7. The number of anilines is 2. The molecule has 2 atom stereocenters. The van der Waals surface area contributed by atoms with Gasteiger partial charge in [-0.1, -0.05) is 6.92 Å². The Balaban J connectivity index is 2.43. The molecule has 2 rings (SSSR count). The van der Waals surface area contributed by atoms with Crippen LogP contribution in [0.4, 0.5) is 11.4 Å². The first-order valence-corrected chi connectivity index (χ1v) is 7.17. The smallest absolute Gasteiger partial charge is 0.340 e. The molecule has 4 nitrogen and oxygen atoms in total. The molecular weight excluding hydrogens is 308 g/mol. The summed E-state index contributed by atoms with van der Waals surface area (Å²) < 4.78 is 5.69. The van der Waals surface area contributed by atoms with Crippen molar-refractivity contribution < 1.29 is 9.53 Å². The first kappa shape index (κ1) is 14.2. The molecule has 0 radical (unpaired) electrons. The number of nitrogen functional groups attached to an aromatic ring is 1. The van der Waals surface area contributed by atoms with Crippen LogP contribution < -0.4 is 10.6 Å². The van der Waals surface area contributed by atoms with Gasteiger partial charge in [0.15, 0.2) is 0 Å². The third kappa shape index (κ3) is 2.71. The van der Waals surface area contributed by atoms with E-state index in [1.54, 1.807) is 6.07 Å². The highest BCUT2D eigenvalue weighted by Crippen LogP contribution is 2.36. The quantitative estimate of drug-likeness (QED) is 0.670. The second-order valence-electron chi connectivity index (χ2n) is 5.22. The lowest BCUT2D eigenvalue weighted by atomic mass is 10.1. The fraction of sp³-hybridized carbons (Fsp3) is 0.500. The Morgan fingerprint density at radius 2 is 2.16 bits per heavy atom. The van der Waals surface area contributed by atoms with Gasteiger partial charge >= 0.3 is 5.97 Å². The molecule has 5 heteroatoms. The standard InChI is InChI=1S/C14H19BrN2O2/c1-8-4-9(2)17(7-8)13-5-10(14(18)19-3)12(16)6-11(13)15/h5-6,8-9H,4,7,16H2,1-3H3. The molecular formula is C14H19BrN2O2. The molecule has 1 aromatic rings. The first-order valence-electron chi connectivity index (χ1n) is 6.38. The van der Waals surface area contributed by atoms with Crippen molar-refractivity contribution in [2.75, 3.05) is 24.3 Å². The summed E-state index contributed by atoms with van der Waals surface area (Å²) in [6.45, 7) is 5.43. The highest BCUT2D eigenvalue weighted by molar-refractivity contribution is 9.10. The van der Waals surface area contributed by atoms with Gasteiger partial charge in [0.05, 0.1) is 18.4 Å². The molecule has 0 amide bonds. The normalized spacial score (nSPS) is 22.6. The van der Waals surface area contributed by atoms with Crippen LogP contribution in [0.25, 0.3) is 0 Å². The largest absolute Gasteiger partial charge is 0.465 e. The van der Waals surface area contributed by atoms with E-state index in [-0.39, 0.29) is 0 Å². The molecule has 19 heavy (non-hydrogen) atoms. The van der Waals surface area contributed by atoms with Crippen LogP contribution in [0.3, 0.4) is 0 Å². The zero-order valence-corrected chi connectivity index (χ0v) is 13.0. The molecule has 0 aliphatic carbocycles. The van der Waals surface area contributed by atoms with Crippen LogP contribution in [0.5, 0.6) is 0 Å². The highest BCUT2D eigenvalue weighted by atomic mass is 79.9. The van der Waals surface area contributed by atoms with Crippen LogP contribution in [0.2, 0.25) is 0 Å². The van der Waals surface area contributed by atoms with E-state index >= 15 is 0 Å². The van der Waals surface area contributed by atoms with Crippen molar-refractivity contribution in [2.24, 2.45) is 5.92 Å². The summed E-state index contributed by atoms with van der Waals surface area (Å²) in [4.78, 5) is 14.0. The van der Waals surface area contributed by atoms with Gasteiger partial charge in [0.1, 0.15) is 0 Å². The summed E-state index contributed by atoms with van der Waals surface area (Å²) in [7, 11) is 1.37. The van der Waals surface area contributed by atoms with Gasteiger partial charge < -0.3 is 15.4 Å². The Hall–Kier alpha value is -1.23. The average molecular weight is 327 g/mol. The molecule has 2 unspecified atom stereocenters. The molecule has 0 spiro atoms. The summed E-state index contributed by atoms with van der Waals surface area (Å²) >= 11 is 3.54. The summed E-state index contributed by atoms with van der Waals surface area (Å²) in [6, 6.07) is 4.05. The number of esters is 1. The number of nitrogens with zero attached hydrogens (tertiary/aromatic N) is 1. The molecule has 1 fully saturated rings. The monoisotopic (exact) mass is 326 g/mol.